The van der Waals surface area contributed by atoms with Crippen molar-refractivity contribution in [3.63, 3.8) is 0 Å². The molecule has 4 atom stereocenters. The van der Waals surface area contributed by atoms with E-state index >= 15 is 0 Å². The number of aromatic amines is 1. The lowest BCUT2D eigenvalue weighted by Crippen LogP contribution is -2.55. The highest BCUT2D eigenvalue weighted by molar-refractivity contribution is 6.01. The van der Waals surface area contributed by atoms with Gasteiger partial charge in [-0.3, -0.25) is 9.59 Å². The van der Waals surface area contributed by atoms with Crippen LogP contribution in [0.25, 0.3) is 0 Å². The van der Waals surface area contributed by atoms with E-state index in [2.05, 4.69) is 22.5 Å². The van der Waals surface area contributed by atoms with Gasteiger partial charge in [0.1, 0.15) is 6.10 Å². The molecule has 0 radical (unpaired) electrons. The topological polar surface area (TPSA) is 130 Å². The average molecular weight is 630 g/mol. The Morgan fingerprint density at radius 3 is 2.40 bits per heavy atom. The third-order valence-electron chi connectivity index (χ3n) is 10.6. The number of nitrogens with one attached hydrogen (secondary N) is 3. The van der Waals surface area contributed by atoms with E-state index in [-0.39, 0.29) is 35.7 Å². The fourth-order valence-electron chi connectivity index (χ4n) is 8.02. The Balaban J connectivity index is 1.50. The Hall–Kier alpha value is -2.39. The van der Waals surface area contributed by atoms with Crippen LogP contribution in [0, 0.1) is 11.3 Å². The first kappa shape index (κ1) is 35.5. The minimum absolute atomic E-state index is 0.121. The summed E-state index contributed by atoms with van der Waals surface area (Å²) in [5.74, 6) is -2.57. The van der Waals surface area contributed by atoms with Crippen LogP contribution in [-0.2, 0) is 14.3 Å². The van der Waals surface area contributed by atoms with E-state index < -0.39 is 29.2 Å². The summed E-state index contributed by atoms with van der Waals surface area (Å²) in [6, 6.07) is 1.42. The monoisotopic (exact) mass is 629 g/mol. The highest BCUT2D eigenvalue weighted by Gasteiger charge is 2.47. The van der Waals surface area contributed by atoms with Gasteiger partial charge in [0.25, 0.3) is 0 Å². The van der Waals surface area contributed by atoms with Crippen molar-refractivity contribution in [1.29, 1.82) is 0 Å². The quantitative estimate of drug-likeness (QED) is 0.115. The first-order valence-corrected chi connectivity index (χ1v) is 17.7. The molecule has 1 saturated heterocycles. The number of Topliss-reactive ketones (excluding diaryl/α,β-unsaturated/α-hetero) is 1. The summed E-state index contributed by atoms with van der Waals surface area (Å²) in [6.07, 6.45) is 17.1. The number of carboxylic acid groups (broad SMARTS) is 1. The van der Waals surface area contributed by atoms with Crippen molar-refractivity contribution in [2.75, 3.05) is 6.61 Å². The molecule has 1 aromatic heterocycles. The fraction of sp³-hybridized carbons (Fsp3) is 0.806. The van der Waals surface area contributed by atoms with Crippen LogP contribution in [0.2, 0.25) is 0 Å². The van der Waals surface area contributed by atoms with Crippen LogP contribution >= 0.6 is 0 Å². The van der Waals surface area contributed by atoms with Crippen LogP contribution in [0.3, 0.4) is 0 Å². The van der Waals surface area contributed by atoms with Gasteiger partial charge in [-0.25, -0.2) is 4.79 Å². The molecule has 0 aromatic carbocycles. The molecule has 9 heteroatoms. The molecule has 1 aromatic rings. The minimum atomic E-state index is -0.922. The number of carbonyl (C=O) groups is 3. The van der Waals surface area contributed by atoms with Gasteiger partial charge in [-0.15, -0.1) is 0 Å². The van der Waals surface area contributed by atoms with Gasteiger partial charge in [-0.05, 0) is 57.9 Å². The second-order valence-corrected chi connectivity index (χ2v) is 15.2. The molecule has 3 fully saturated rings. The number of carbonyl (C=O) groups excluding carboxylic acids is 2. The third kappa shape index (κ3) is 9.34. The van der Waals surface area contributed by atoms with E-state index in [0.29, 0.717) is 17.9 Å². The Morgan fingerprint density at radius 2 is 1.69 bits per heavy atom. The molecular weight excluding hydrogens is 570 g/mol. The lowest BCUT2D eigenvalue weighted by molar-refractivity contribution is -0.298. The molecule has 254 valence electrons. The van der Waals surface area contributed by atoms with Gasteiger partial charge >= 0.3 is 12.0 Å². The molecule has 2 aliphatic carbocycles. The SMILES string of the molecule is CCCCCCCCC1(NC(=O)NC2CCCCC2C(CC(=O)O)c2[nH]ccc2C(=O)C2OC(C)(C)OCC2(C)C)CCCC1. The van der Waals surface area contributed by atoms with Gasteiger partial charge in [0.15, 0.2) is 11.6 Å². The maximum atomic E-state index is 14.1. The van der Waals surface area contributed by atoms with Crippen molar-refractivity contribution in [1.82, 2.24) is 15.6 Å². The number of unbranched alkanes of at least 4 members (excludes halogenated alkanes) is 5. The highest BCUT2D eigenvalue weighted by Crippen LogP contribution is 2.42. The van der Waals surface area contributed by atoms with E-state index in [1.807, 2.05) is 13.8 Å². The van der Waals surface area contributed by atoms with Gasteiger partial charge in [0, 0.05) is 40.4 Å². The number of H-pyrrole nitrogens is 1. The molecule has 45 heavy (non-hydrogen) atoms. The molecule has 2 saturated carbocycles. The zero-order valence-electron chi connectivity index (χ0n) is 28.5. The second-order valence-electron chi connectivity index (χ2n) is 15.2. The zero-order chi connectivity index (χ0) is 32.7. The van der Waals surface area contributed by atoms with Gasteiger partial charge in [-0.1, -0.05) is 85.0 Å². The molecule has 4 unspecified atom stereocenters. The minimum Gasteiger partial charge on any atom is -0.481 e. The van der Waals surface area contributed by atoms with E-state index in [0.717, 1.165) is 64.2 Å². The molecule has 0 spiro atoms. The van der Waals surface area contributed by atoms with Crippen molar-refractivity contribution in [2.24, 2.45) is 11.3 Å². The lowest BCUT2D eigenvalue weighted by Gasteiger charge is -2.45. The predicted octanol–water partition coefficient (Wildman–Crippen LogP) is 7.85. The molecule has 4 N–H and O–H groups in total. The van der Waals surface area contributed by atoms with Crippen LogP contribution in [0.5, 0.6) is 0 Å². The van der Waals surface area contributed by atoms with Crippen LogP contribution in [-0.4, -0.2) is 58.0 Å². The first-order chi connectivity index (χ1) is 21.4. The van der Waals surface area contributed by atoms with Gasteiger partial charge < -0.3 is 30.2 Å². The molecule has 1 aliphatic heterocycles. The number of hydrogen-bond acceptors (Lipinski definition) is 5. The number of ketones is 1. The summed E-state index contributed by atoms with van der Waals surface area (Å²) in [7, 11) is 0. The van der Waals surface area contributed by atoms with Gasteiger partial charge in [0.05, 0.1) is 13.0 Å². The summed E-state index contributed by atoms with van der Waals surface area (Å²) in [4.78, 5) is 43.2. The van der Waals surface area contributed by atoms with Crippen LogP contribution < -0.4 is 10.6 Å². The Kier molecular flexibility index (Phi) is 12.2. The molecular formula is C36H59N3O6. The van der Waals surface area contributed by atoms with Crippen molar-refractivity contribution in [3.8, 4) is 0 Å². The fourth-order valence-corrected chi connectivity index (χ4v) is 8.02. The molecule has 3 aliphatic rings. The molecule has 2 heterocycles. The number of urea groups is 1. The summed E-state index contributed by atoms with van der Waals surface area (Å²) in [5.41, 5.74) is 0.389. The average Bonchev–Trinajstić information content (AvgIpc) is 3.65. The normalized spacial score (nSPS) is 26.2. The summed E-state index contributed by atoms with van der Waals surface area (Å²) in [5, 5.41) is 16.8. The van der Waals surface area contributed by atoms with Gasteiger partial charge in [-0.2, -0.15) is 0 Å². The standard InChI is InChI=1S/C36H59N3O6/c1-6-7-8-9-10-13-19-36(20-14-15-21-36)39-33(43)38-28-17-12-11-16-25(28)27(23-29(40)41)30-26(18-22-37-30)31(42)32-34(2,3)24-44-35(4,5)45-32/h18,22,25,27-28,32,37H,6-17,19-21,23-24H2,1-5H3,(H,40,41)(H2,38,39,43). The van der Waals surface area contributed by atoms with Crippen molar-refractivity contribution < 1.29 is 29.0 Å². The maximum Gasteiger partial charge on any atom is 0.315 e. The van der Waals surface area contributed by atoms with E-state index in [1.54, 1.807) is 26.1 Å². The maximum absolute atomic E-state index is 14.1. The lowest BCUT2D eigenvalue weighted by atomic mass is 9.72. The van der Waals surface area contributed by atoms with E-state index in [1.165, 1.54) is 32.1 Å². The Morgan fingerprint density at radius 1 is 1.00 bits per heavy atom. The van der Waals surface area contributed by atoms with Crippen LogP contribution in [0.15, 0.2) is 12.3 Å². The molecule has 9 nitrogen and oxygen atoms in total. The Bertz CT molecular complexity index is 1140. The largest absolute Gasteiger partial charge is 0.481 e. The molecule has 4 rings (SSSR count). The number of carboxylic acids is 1. The summed E-state index contributed by atoms with van der Waals surface area (Å²) >= 11 is 0. The van der Waals surface area contributed by atoms with Crippen LogP contribution in [0.1, 0.15) is 159 Å². The number of aliphatic carboxylic acids is 1. The second kappa shape index (κ2) is 15.5. The van der Waals surface area contributed by atoms with E-state index in [4.69, 9.17) is 9.47 Å². The van der Waals surface area contributed by atoms with E-state index in [9.17, 15) is 19.5 Å². The Labute approximate surface area is 270 Å². The summed E-state index contributed by atoms with van der Waals surface area (Å²) < 4.78 is 12.0. The van der Waals surface area contributed by atoms with Crippen LogP contribution in [0.4, 0.5) is 4.79 Å². The third-order valence-corrected chi connectivity index (χ3v) is 10.6. The predicted molar refractivity (Wildman–Crippen MR) is 175 cm³/mol. The number of ether oxygens (including phenoxy) is 2. The molecule has 0 bridgehead atoms. The smallest absolute Gasteiger partial charge is 0.315 e. The summed E-state index contributed by atoms with van der Waals surface area (Å²) in [6.45, 7) is 10.1. The van der Waals surface area contributed by atoms with Crippen molar-refractivity contribution in [3.05, 3.63) is 23.5 Å². The number of aromatic nitrogens is 1. The van der Waals surface area contributed by atoms with Crippen molar-refractivity contribution >= 4 is 17.8 Å². The van der Waals surface area contributed by atoms with Crippen molar-refractivity contribution in [2.45, 2.75) is 167 Å². The highest BCUT2D eigenvalue weighted by atomic mass is 16.7. The zero-order valence-corrected chi connectivity index (χ0v) is 28.5. The first-order valence-electron chi connectivity index (χ1n) is 17.7. The number of amides is 2. The van der Waals surface area contributed by atoms with Gasteiger partial charge in [0.2, 0.25) is 0 Å². The molecule has 2 amide bonds. The number of rotatable bonds is 15. The number of hydrogen-bond donors (Lipinski definition) is 4.